The first-order chi connectivity index (χ1) is 9.80. The lowest BCUT2D eigenvalue weighted by atomic mass is 9.87. The molecule has 1 aromatic rings. The van der Waals surface area contributed by atoms with Crippen LogP contribution in [0.1, 0.15) is 39.7 Å². The van der Waals surface area contributed by atoms with Gasteiger partial charge in [-0.25, -0.2) is 9.07 Å². The Kier molecular flexibility index (Phi) is 3.37. The lowest BCUT2D eigenvalue weighted by molar-refractivity contribution is 0.00578. The van der Waals surface area contributed by atoms with E-state index in [0.29, 0.717) is 18.1 Å². The van der Waals surface area contributed by atoms with Crippen molar-refractivity contribution in [3.8, 4) is 5.88 Å². The molecule has 3 heterocycles. The first kappa shape index (κ1) is 14.6. The van der Waals surface area contributed by atoms with Crippen molar-refractivity contribution in [2.24, 2.45) is 0 Å². The van der Waals surface area contributed by atoms with E-state index in [1.54, 1.807) is 10.9 Å². The Balaban J connectivity index is 1.83. The number of nitrogens with zero attached hydrogens (tertiary/aromatic N) is 2. The number of halogens is 1. The number of aromatic nitrogens is 2. The molecule has 114 valence electrons. The first-order valence-electron chi connectivity index (χ1n) is 7.21. The van der Waals surface area contributed by atoms with Crippen LogP contribution in [0.5, 0.6) is 5.88 Å². The molecule has 0 atom stereocenters. The molecule has 3 rings (SSSR count). The van der Waals surface area contributed by atoms with Crippen LogP contribution in [0.3, 0.4) is 0 Å². The summed E-state index contributed by atoms with van der Waals surface area (Å²) in [6.45, 7) is 9.00. The number of ether oxygens (including phenoxy) is 1. The molecule has 0 bridgehead atoms. The SMILES string of the molecule is CC1(C)OB(C(F)=Cc2cnn3c2OCCC3)OC1(C)C. The molecular weight excluding hydrogens is 274 g/mol. The van der Waals surface area contributed by atoms with Crippen molar-refractivity contribution in [1.29, 1.82) is 0 Å². The fraction of sp³-hybridized carbons (Fsp3) is 0.643. The third-order valence-corrected chi connectivity index (χ3v) is 4.34. The highest BCUT2D eigenvalue weighted by atomic mass is 19.1. The minimum absolute atomic E-state index is 0.473. The number of hydrogen-bond acceptors (Lipinski definition) is 4. The molecule has 2 aliphatic rings. The van der Waals surface area contributed by atoms with E-state index in [-0.39, 0.29) is 0 Å². The molecule has 2 aliphatic heterocycles. The average molecular weight is 294 g/mol. The molecule has 21 heavy (non-hydrogen) atoms. The first-order valence-corrected chi connectivity index (χ1v) is 7.21. The Morgan fingerprint density at radius 3 is 2.67 bits per heavy atom. The summed E-state index contributed by atoms with van der Waals surface area (Å²) >= 11 is 0. The Bertz CT molecular complexity index is 567. The second-order valence-electron chi connectivity index (χ2n) is 6.45. The highest BCUT2D eigenvalue weighted by Crippen LogP contribution is 2.39. The Labute approximate surface area is 124 Å². The lowest BCUT2D eigenvalue weighted by Crippen LogP contribution is -2.41. The van der Waals surface area contributed by atoms with Crippen molar-refractivity contribution in [3.63, 3.8) is 0 Å². The van der Waals surface area contributed by atoms with Gasteiger partial charge in [0.25, 0.3) is 0 Å². The quantitative estimate of drug-likeness (QED) is 0.787. The molecule has 0 aliphatic carbocycles. The third kappa shape index (κ3) is 2.49. The lowest BCUT2D eigenvalue weighted by Gasteiger charge is -2.32. The third-order valence-electron chi connectivity index (χ3n) is 4.34. The Morgan fingerprint density at radius 2 is 2.00 bits per heavy atom. The molecule has 0 N–H and O–H groups in total. The fourth-order valence-corrected chi connectivity index (χ4v) is 2.36. The predicted octanol–water partition coefficient (Wildman–Crippen LogP) is 2.61. The zero-order valence-electron chi connectivity index (χ0n) is 12.9. The van der Waals surface area contributed by atoms with Gasteiger partial charge in [-0.3, -0.25) is 0 Å². The highest BCUT2D eigenvalue weighted by Gasteiger charge is 2.53. The molecule has 7 heteroatoms. The number of aryl methyl sites for hydroxylation is 1. The monoisotopic (exact) mass is 294 g/mol. The van der Waals surface area contributed by atoms with Crippen LogP contribution in [0.15, 0.2) is 11.9 Å². The van der Waals surface area contributed by atoms with Crippen molar-refractivity contribution < 1.29 is 18.4 Å². The van der Waals surface area contributed by atoms with Crippen LogP contribution in [0.4, 0.5) is 4.39 Å². The number of rotatable bonds is 2. The van der Waals surface area contributed by atoms with Crippen molar-refractivity contribution in [3.05, 3.63) is 17.5 Å². The second kappa shape index (κ2) is 4.85. The van der Waals surface area contributed by atoms with Crippen molar-refractivity contribution in [2.75, 3.05) is 6.61 Å². The molecule has 1 saturated heterocycles. The van der Waals surface area contributed by atoms with Gasteiger partial charge in [0, 0.05) is 13.0 Å². The maximum absolute atomic E-state index is 14.4. The van der Waals surface area contributed by atoms with E-state index in [9.17, 15) is 4.39 Å². The highest BCUT2D eigenvalue weighted by molar-refractivity contribution is 6.54. The van der Waals surface area contributed by atoms with Crippen molar-refractivity contribution in [2.45, 2.75) is 51.9 Å². The van der Waals surface area contributed by atoms with Crippen LogP contribution in [0.25, 0.3) is 6.08 Å². The van der Waals surface area contributed by atoms with Gasteiger partial charge in [-0.1, -0.05) is 0 Å². The molecule has 0 spiro atoms. The molecule has 0 unspecified atom stereocenters. The van der Waals surface area contributed by atoms with Gasteiger partial charge >= 0.3 is 7.12 Å². The van der Waals surface area contributed by atoms with Gasteiger partial charge in [0.1, 0.15) is 5.73 Å². The number of fused-ring (bicyclic) bond motifs is 1. The summed E-state index contributed by atoms with van der Waals surface area (Å²) in [6.07, 6.45) is 3.90. The van der Waals surface area contributed by atoms with E-state index >= 15 is 0 Å². The summed E-state index contributed by atoms with van der Waals surface area (Å²) < 4.78 is 33.1. The van der Waals surface area contributed by atoms with E-state index in [4.69, 9.17) is 14.0 Å². The summed E-state index contributed by atoms with van der Waals surface area (Å²) in [5, 5.41) is 4.19. The standard InChI is InChI=1S/C14H20BFN2O3/c1-13(2)14(3,4)21-15(20-13)11(16)8-10-9-17-18-6-5-7-19-12(10)18/h8-9H,5-7H2,1-4H3. The molecule has 0 amide bonds. The second-order valence-corrected chi connectivity index (χ2v) is 6.45. The molecule has 0 aromatic carbocycles. The molecule has 0 radical (unpaired) electrons. The van der Waals surface area contributed by atoms with E-state index in [2.05, 4.69) is 5.10 Å². The Morgan fingerprint density at radius 1 is 1.33 bits per heavy atom. The van der Waals surface area contributed by atoms with Crippen LogP contribution in [-0.4, -0.2) is 34.7 Å². The maximum Gasteiger partial charge on any atom is 0.525 e. The predicted molar refractivity (Wildman–Crippen MR) is 77.5 cm³/mol. The van der Waals surface area contributed by atoms with E-state index in [1.165, 1.54) is 6.08 Å². The molecule has 1 fully saturated rings. The van der Waals surface area contributed by atoms with Gasteiger partial charge < -0.3 is 14.0 Å². The summed E-state index contributed by atoms with van der Waals surface area (Å²) in [7, 11) is -0.992. The molecule has 0 saturated carbocycles. The summed E-state index contributed by atoms with van der Waals surface area (Å²) in [4.78, 5) is 0. The van der Waals surface area contributed by atoms with Crippen LogP contribution < -0.4 is 4.74 Å². The summed E-state index contributed by atoms with van der Waals surface area (Å²) in [5.74, 6) is 0.605. The van der Waals surface area contributed by atoms with Gasteiger partial charge in [0.2, 0.25) is 5.88 Å². The van der Waals surface area contributed by atoms with Gasteiger partial charge in [0.05, 0.1) is 29.6 Å². The van der Waals surface area contributed by atoms with Crippen molar-refractivity contribution >= 4 is 13.2 Å². The normalized spacial score (nSPS) is 23.9. The van der Waals surface area contributed by atoms with Gasteiger partial charge in [0.15, 0.2) is 0 Å². The maximum atomic E-state index is 14.4. The van der Waals surface area contributed by atoms with E-state index < -0.39 is 24.0 Å². The van der Waals surface area contributed by atoms with Gasteiger partial charge in [-0.15, -0.1) is 0 Å². The zero-order chi connectivity index (χ0) is 15.3. The average Bonchev–Trinajstić information content (AvgIpc) is 2.89. The summed E-state index contributed by atoms with van der Waals surface area (Å²) in [5.41, 5.74) is -0.976. The van der Waals surface area contributed by atoms with E-state index in [1.807, 2.05) is 27.7 Å². The zero-order valence-corrected chi connectivity index (χ0v) is 12.9. The minimum atomic E-state index is -0.992. The largest absolute Gasteiger partial charge is 0.525 e. The van der Waals surface area contributed by atoms with Crippen LogP contribution in [0.2, 0.25) is 0 Å². The molecular formula is C14H20BFN2O3. The van der Waals surface area contributed by atoms with Gasteiger partial charge in [-0.2, -0.15) is 5.10 Å². The van der Waals surface area contributed by atoms with Crippen LogP contribution in [0, 0.1) is 0 Å². The topological polar surface area (TPSA) is 45.5 Å². The van der Waals surface area contributed by atoms with Crippen LogP contribution in [-0.2, 0) is 15.9 Å². The fourth-order valence-electron chi connectivity index (χ4n) is 2.36. The van der Waals surface area contributed by atoms with Gasteiger partial charge in [-0.05, 0) is 33.8 Å². The molecule has 1 aromatic heterocycles. The van der Waals surface area contributed by atoms with Crippen LogP contribution >= 0.6 is 0 Å². The smallest absolute Gasteiger partial charge is 0.477 e. The molecule has 5 nitrogen and oxygen atoms in total. The van der Waals surface area contributed by atoms with E-state index in [0.717, 1.165) is 13.0 Å². The summed E-state index contributed by atoms with van der Waals surface area (Å²) in [6, 6.07) is 0. The Hall–Kier alpha value is -1.34. The number of hydrogen-bond donors (Lipinski definition) is 0. The minimum Gasteiger partial charge on any atom is -0.477 e. The van der Waals surface area contributed by atoms with Crippen molar-refractivity contribution in [1.82, 2.24) is 9.78 Å².